The summed E-state index contributed by atoms with van der Waals surface area (Å²) in [6.07, 6.45) is 0.451. The summed E-state index contributed by atoms with van der Waals surface area (Å²) in [5.41, 5.74) is 0.800. The molecule has 0 saturated heterocycles. The van der Waals surface area contributed by atoms with Gasteiger partial charge in [0.1, 0.15) is 11.6 Å². The predicted octanol–water partition coefficient (Wildman–Crippen LogP) is 2.53. The quantitative estimate of drug-likeness (QED) is 0.846. The third kappa shape index (κ3) is 4.21. The van der Waals surface area contributed by atoms with Gasteiger partial charge in [-0.3, -0.25) is 9.59 Å². The third-order valence-electron chi connectivity index (χ3n) is 4.29. The number of benzene rings is 2. The van der Waals surface area contributed by atoms with Gasteiger partial charge >= 0.3 is 0 Å². The van der Waals surface area contributed by atoms with Gasteiger partial charge < -0.3 is 10.6 Å². The lowest BCUT2D eigenvalue weighted by atomic mass is 10.2. The van der Waals surface area contributed by atoms with E-state index >= 15 is 0 Å². The number of nitrogens with one attached hydrogen (secondary N) is 2. The highest BCUT2D eigenvalue weighted by atomic mass is 19.1. The van der Waals surface area contributed by atoms with Crippen LogP contribution < -0.4 is 10.6 Å². The minimum absolute atomic E-state index is 0.0889. The minimum atomic E-state index is -0.410. The molecule has 0 bridgehead atoms. The van der Waals surface area contributed by atoms with E-state index < -0.39 is 11.8 Å². The Morgan fingerprint density at radius 3 is 1.60 bits per heavy atom. The average Bonchev–Trinajstić information content (AvgIpc) is 3.41. The topological polar surface area (TPSA) is 58.2 Å². The van der Waals surface area contributed by atoms with Crippen LogP contribution in [-0.4, -0.2) is 11.8 Å². The number of hydrogen-bond acceptors (Lipinski definition) is 2. The lowest BCUT2D eigenvalue weighted by Crippen LogP contribution is -2.30. The molecule has 0 radical (unpaired) electrons. The van der Waals surface area contributed by atoms with Crippen molar-refractivity contribution in [3.8, 4) is 0 Å². The summed E-state index contributed by atoms with van der Waals surface area (Å²) in [7, 11) is 0. The van der Waals surface area contributed by atoms with Crippen molar-refractivity contribution < 1.29 is 18.4 Å². The molecule has 6 heteroatoms. The highest BCUT2D eigenvalue weighted by Gasteiger charge is 2.47. The summed E-state index contributed by atoms with van der Waals surface area (Å²) >= 11 is 0. The highest BCUT2D eigenvalue weighted by Crippen LogP contribution is 2.38. The lowest BCUT2D eigenvalue weighted by molar-refractivity contribution is -0.127. The molecule has 0 heterocycles. The first-order valence-electron chi connectivity index (χ1n) is 8.08. The van der Waals surface area contributed by atoms with Gasteiger partial charge in [0.15, 0.2) is 0 Å². The summed E-state index contributed by atoms with van der Waals surface area (Å²) in [4.78, 5) is 24.1. The van der Waals surface area contributed by atoms with Crippen LogP contribution in [0.1, 0.15) is 17.5 Å². The van der Waals surface area contributed by atoms with Crippen molar-refractivity contribution in [3.63, 3.8) is 0 Å². The zero-order valence-electron chi connectivity index (χ0n) is 13.5. The van der Waals surface area contributed by atoms with E-state index in [0.717, 1.165) is 0 Å². The number of amides is 2. The van der Waals surface area contributed by atoms with Crippen LogP contribution in [0.4, 0.5) is 8.78 Å². The largest absolute Gasteiger partial charge is 0.352 e. The minimum Gasteiger partial charge on any atom is -0.352 e. The van der Waals surface area contributed by atoms with Crippen molar-refractivity contribution >= 4 is 11.8 Å². The summed E-state index contributed by atoms with van der Waals surface area (Å²) in [6.45, 7) is 0.178. The van der Waals surface area contributed by atoms with Gasteiger partial charge in [-0.05, 0) is 18.6 Å². The van der Waals surface area contributed by atoms with Crippen LogP contribution in [-0.2, 0) is 22.7 Å². The van der Waals surface area contributed by atoms with E-state index in [0.29, 0.717) is 17.5 Å². The van der Waals surface area contributed by atoms with Crippen LogP contribution in [0.25, 0.3) is 0 Å². The van der Waals surface area contributed by atoms with E-state index in [2.05, 4.69) is 10.6 Å². The molecule has 4 nitrogen and oxygen atoms in total. The maximum absolute atomic E-state index is 13.5. The van der Waals surface area contributed by atoms with E-state index in [1.807, 2.05) is 0 Å². The molecule has 1 aliphatic carbocycles. The second kappa shape index (κ2) is 7.42. The first kappa shape index (κ1) is 17.1. The van der Waals surface area contributed by atoms with E-state index in [1.54, 1.807) is 36.4 Å². The maximum atomic E-state index is 13.5. The number of halogens is 2. The smallest absolute Gasteiger partial charge is 0.224 e. The van der Waals surface area contributed by atoms with Crippen molar-refractivity contribution in [2.24, 2.45) is 11.8 Å². The zero-order chi connectivity index (χ0) is 17.8. The highest BCUT2D eigenvalue weighted by molar-refractivity contribution is 5.92. The van der Waals surface area contributed by atoms with Crippen molar-refractivity contribution in [1.29, 1.82) is 0 Å². The molecular formula is C19H18F2N2O2. The van der Waals surface area contributed by atoms with E-state index in [9.17, 15) is 18.4 Å². The van der Waals surface area contributed by atoms with Crippen LogP contribution in [0.15, 0.2) is 48.5 Å². The first-order valence-corrected chi connectivity index (χ1v) is 8.08. The van der Waals surface area contributed by atoms with Crippen molar-refractivity contribution in [2.45, 2.75) is 19.5 Å². The molecule has 25 heavy (non-hydrogen) atoms. The summed E-state index contributed by atoms with van der Waals surface area (Å²) in [5.74, 6) is -2.11. The second-order valence-corrected chi connectivity index (χ2v) is 6.07. The van der Waals surface area contributed by atoms with Crippen molar-refractivity contribution in [3.05, 3.63) is 71.3 Å². The van der Waals surface area contributed by atoms with Gasteiger partial charge in [-0.15, -0.1) is 0 Å². The van der Waals surface area contributed by atoms with Gasteiger partial charge in [0.05, 0.1) is 11.8 Å². The normalized spacial score (nSPS) is 18.5. The van der Waals surface area contributed by atoms with Crippen LogP contribution in [0, 0.1) is 23.5 Å². The second-order valence-electron chi connectivity index (χ2n) is 6.07. The number of carbonyl (C=O) groups is 2. The number of rotatable bonds is 6. The first-order chi connectivity index (χ1) is 12.1. The molecule has 2 amide bonds. The molecule has 2 unspecified atom stereocenters. The summed E-state index contributed by atoms with van der Waals surface area (Å²) in [6, 6.07) is 12.4. The van der Waals surface area contributed by atoms with E-state index in [1.165, 1.54) is 12.1 Å². The fourth-order valence-electron chi connectivity index (χ4n) is 2.68. The molecule has 3 rings (SSSR count). The standard InChI is InChI=1S/C19H18F2N2O2/c20-16-7-3-1-5-12(16)10-22-18(24)14-9-15(14)19(25)23-11-13-6-2-4-8-17(13)21/h1-8,14-15H,9-11H2,(H,22,24)(H,23,25). The fraction of sp³-hybridized carbons (Fsp3) is 0.263. The Kier molecular flexibility index (Phi) is 5.07. The van der Waals surface area contributed by atoms with Crippen LogP contribution >= 0.6 is 0 Å². The van der Waals surface area contributed by atoms with E-state index in [4.69, 9.17) is 0 Å². The van der Waals surface area contributed by atoms with Gasteiger partial charge in [-0.25, -0.2) is 8.78 Å². The molecule has 1 saturated carbocycles. The molecule has 1 aliphatic rings. The van der Waals surface area contributed by atoms with Gasteiger partial charge in [-0.1, -0.05) is 36.4 Å². The molecule has 0 aliphatic heterocycles. The number of hydrogen-bond donors (Lipinski definition) is 2. The van der Waals surface area contributed by atoms with Crippen LogP contribution in [0.3, 0.4) is 0 Å². The monoisotopic (exact) mass is 344 g/mol. The average molecular weight is 344 g/mol. The molecule has 0 aromatic heterocycles. The Labute approximate surface area is 144 Å². The Morgan fingerprint density at radius 1 is 0.800 bits per heavy atom. The molecular weight excluding hydrogens is 326 g/mol. The summed E-state index contributed by atoms with van der Waals surface area (Å²) in [5, 5.41) is 5.30. The fourth-order valence-corrected chi connectivity index (χ4v) is 2.68. The van der Waals surface area contributed by atoms with Gasteiger partial charge in [0.25, 0.3) is 0 Å². The van der Waals surface area contributed by atoms with Crippen LogP contribution in [0.5, 0.6) is 0 Å². The predicted molar refractivity (Wildman–Crippen MR) is 88.1 cm³/mol. The number of carbonyl (C=O) groups excluding carboxylic acids is 2. The van der Waals surface area contributed by atoms with Gasteiger partial charge in [-0.2, -0.15) is 0 Å². The zero-order valence-corrected chi connectivity index (χ0v) is 13.5. The molecule has 130 valence electrons. The van der Waals surface area contributed by atoms with Crippen molar-refractivity contribution in [1.82, 2.24) is 10.6 Å². The SMILES string of the molecule is O=C(NCc1ccccc1F)C1CC1C(=O)NCc1ccccc1F. The van der Waals surface area contributed by atoms with Crippen molar-refractivity contribution in [2.75, 3.05) is 0 Å². The Hall–Kier alpha value is -2.76. The molecule has 1 fully saturated rings. The molecule has 2 atom stereocenters. The Morgan fingerprint density at radius 2 is 1.20 bits per heavy atom. The lowest BCUT2D eigenvalue weighted by Gasteiger charge is -2.07. The van der Waals surface area contributed by atoms with Gasteiger partial charge in [0.2, 0.25) is 11.8 Å². The third-order valence-corrected chi connectivity index (χ3v) is 4.29. The molecule has 2 aromatic carbocycles. The summed E-state index contributed by atoms with van der Waals surface area (Å²) < 4.78 is 27.0. The Bertz CT molecular complexity index is 729. The van der Waals surface area contributed by atoms with Crippen LogP contribution in [0.2, 0.25) is 0 Å². The van der Waals surface area contributed by atoms with Gasteiger partial charge in [0, 0.05) is 24.2 Å². The molecule has 2 N–H and O–H groups in total. The molecule has 0 spiro atoms. The molecule has 2 aromatic rings. The maximum Gasteiger partial charge on any atom is 0.224 e. The Balaban J connectivity index is 1.45. The van der Waals surface area contributed by atoms with E-state index in [-0.39, 0.29) is 36.5 Å².